The summed E-state index contributed by atoms with van der Waals surface area (Å²) < 4.78 is 17.4. The SMILES string of the molecule is COc1cc(CNC2CCCC2C2COCCN2)ccc1OC1CCCC1. The van der Waals surface area contributed by atoms with E-state index in [1.54, 1.807) is 7.11 Å². The molecule has 3 atom stereocenters. The second kappa shape index (κ2) is 9.26. The van der Waals surface area contributed by atoms with Crippen LogP contribution in [0, 0.1) is 5.92 Å². The molecular weight excluding hydrogens is 340 g/mol. The van der Waals surface area contributed by atoms with E-state index in [4.69, 9.17) is 14.2 Å². The number of benzene rings is 1. The number of nitrogens with one attached hydrogen (secondary N) is 2. The molecule has 2 saturated carbocycles. The Morgan fingerprint density at radius 2 is 2.00 bits per heavy atom. The summed E-state index contributed by atoms with van der Waals surface area (Å²) in [6, 6.07) is 7.44. The molecule has 5 nitrogen and oxygen atoms in total. The van der Waals surface area contributed by atoms with Gasteiger partial charge in [0.05, 0.1) is 26.4 Å². The molecule has 0 amide bonds. The third-order valence-electron chi connectivity index (χ3n) is 6.43. The van der Waals surface area contributed by atoms with E-state index in [0.717, 1.165) is 50.6 Å². The van der Waals surface area contributed by atoms with Crippen molar-refractivity contribution < 1.29 is 14.2 Å². The van der Waals surface area contributed by atoms with Crippen molar-refractivity contribution in [3.05, 3.63) is 23.8 Å². The molecule has 3 aliphatic rings. The van der Waals surface area contributed by atoms with Gasteiger partial charge in [-0.3, -0.25) is 0 Å². The Labute approximate surface area is 163 Å². The first kappa shape index (κ1) is 19.0. The maximum atomic E-state index is 6.16. The van der Waals surface area contributed by atoms with Gasteiger partial charge < -0.3 is 24.8 Å². The summed E-state index contributed by atoms with van der Waals surface area (Å²) in [6.07, 6.45) is 9.07. The highest BCUT2D eigenvalue weighted by Gasteiger charge is 2.34. The molecule has 150 valence electrons. The minimum Gasteiger partial charge on any atom is -0.493 e. The molecule has 0 bridgehead atoms. The molecule has 1 aliphatic heterocycles. The topological polar surface area (TPSA) is 51.8 Å². The van der Waals surface area contributed by atoms with Crippen molar-refractivity contribution in [1.82, 2.24) is 10.6 Å². The number of hydrogen-bond donors (Lipinski definition) is 2. The van der Waals surface area contributed by atoms with Gasteiger partial charge in [0.2, 0.25) is 0 Å². The normalized spacial score (nSPS) is 29.1. The van der Waals surface area contributed by atoms with Gasteiger partial charge in [-0.1, -0.05) is 12.5 Å². The Balaban J connectivity index is 1.34. The van der Waals surface area contributed by atoms with Crippen molar-refractivity contribution in [1.29, 1.82) is 0 Å². The molecule has 27 heavy (non-hydrogen) atoms. The van der Waals surface area contributed by atoms with Crippen LogP contribution in [0.5, 0.6) is 11.5 Å². The zero-order chi connectivity index (χ0) is 18.5. The van der Waals surface area contributed by atoms with E-state index in [1.807, 2.05) is 0 Å². The van der Waals surface area contributed by atoms with Crippen LogP contribution in [0.2, 0.25) is 0 Å². The van der Waals surface area contributed by atoms with Gasteiger partial charge in [-0.05, 0) is 62.1 Å². The van der Waals surface area contributed by atoms with E-state index in [9.17, 15) is 0 Å². The van der Waals surface area contributed by atoms with Gasteiger partial charge in [-0.2, -0.15) is 0 Å². The lowest BCUT2D eigenvalue weighted by atomic mass is 9.94. The summed E-state index contributed by atoms with van der Waals surface area (Å²) in [4.78, 5) is 0. The zero-order valence-corrected chi connectivity index (χ0v) is 16.5. The number of rotatable bonds is 7. The molecule has 1 heterocycles. The van der Waals surface area contributed by atoms with Crippen molar-refractivity contribution in [2.75, 3.05) is 26.9 Å². The first-order valence-electron chi connectivity index (χ1n) is 10.7. The summed E-state index contributed by atoms with van der Waals surface area (Å²) in [5, 5.41) is 7.44. The van der Waals surface area contributed by atoms with Crippen LogP contribution in [0.15, 0.2) is 18.2 Å². The number of methoxy groups -OCH3 is 1. The number of morpholine rings is 1. The highest BCUT2D eigenvalue weighted by molar-refractivity contribution is 5.43. The van der Waals surface area contributed by atoms with Gasteiger partial charge in [0.25, 0.3) is 0 Å². The lowest BCUT2D eigenvalue weighted by Gasteiger charge is -2.33. The first-order chi connectivity index (χ1) is 13.3. The standard InChI is InChI=1S/C22H34N2O3/c1-25-22-13-16(9-10-21(22)27-17-5-2-3-6-17)14-24-19-8-4-7-18(19)20-15-26-12-11-23-20/h9-10,13,17-20,23-24H,2-8,11-12,14-15H2,1H3. The van der Waals surface area contributed by atoms with Gasteiger partial charge in [0, 0.05) is 25.2 Å². The fourth-order valence-corrected chi connectivity index (χ4v) is 4.94. The summed E-state index contributed by atoms with van der Waals surface area (Å²) in [7, 11) is 1.73. The van der Waals surface area contributed by atoms with Crippen LogP contribution in [-0.2, 0) is 11.3 Å². The Bertz CT molecular complexity index is 597. The van der Waals surface area contributed by atoms with Crippen LogP contribution in [0.3, 0.4) is 0 Å². The first-order valence-corrected chi connectivity index (χ1v) is 10.7. The van der Waals surface area contributed by atoms with Gasteiger partial charge in [-0.15, -0.1) is 0 Å². The maximum Gasteiger partial charge on any atom is 0.161 e. The Morgan fingerprint density at radius 3 is 2.78 bits per heavy atom. The monoisotopic (exact) mass is 374 g/mol. The van der Waals surface area contributed by atoms with Crippen molar-refractivity contribution in [3.8, 4) is 11.5 Å². The third-order valence-corrected chi connectivity index (χ3v) is 6.43. The van der Waals surface area contributed by atoms with E-state index in [0.29, 0.717) is 24.1 Å². The molecule has 3 fully saturated rings. The average molecular weight is 375 g/mol. The minimum atomic E-state index is 0.354. The van der Waals surface area contributed by atoms with Crippen LogP contribution >= 0.6 is 0 Å². The van der Waals surface area contributed by atoms with Crippen LogP contribution < -0.4 is 20.1 Å². The van der Waals surface area contributed by atoms with Gasteiger partial charge in [-0.25, -0.2) is 0 Å². The second-order valence-corrected chi connectivity index (χ2v) is 8.23. The summed E-state index contributed by atoms with van der Waals surface area (Å²) in [6.45, 7) is 3.54. The molecule has 0 spiro atoms. The van der Waals surface area contributed by atoms with Crippen molar-refractivity contribution in [2.24, 2.45) is 5.92 Å². The molecule has 1 aromatic carbocycles. The van der Waals surface area contributed by atoms with Crippen molar-refractivity contribution >= 4 is 0 Å². The number of hydrogen-bond acceptors (Lipinski definition) is 5. The molecule has 2 N–H and O–H groups in total. The molecular formula is C22H34N2O3. The molecule has 3 unspecified atom stereocenters. The van der Waals surface area contributed by atoms with Crippen molar-refractivity contribution in [2.45, 2.75) is 69.7 Å². The Hall–Kier alpha value is -1.30. The van der Waals surface area contributed by atoms with E-state index in [1.165, 1.54) is 37.7 Å². The minimum absolute atomic E-state index is 0.354. The van der Waals surface area contributed by atoms with Gasteiger partial charge >= 0.3 is 0 Å². The third kappa shape index (κ3) is 4.76. The Kier molecular flexibility index (Phi) is 6.53. The van der Waals surface area contributed by atoms with Crippen LogP contribution in [-0.4, -0.2) is 45.1 Å². The highest BCUT2D eigenvalue weighted by atomic mass is 16.5. The predicted octanol–water partition coefficient (Wildman–Crippen LogP) is 3.26. The summed E-state index contributed by atoms with van der Waals surface area (Å²) in [5.74, 6) is 2.40. The van der Waals surface area contributed by atoms with E-state index >= 15 is 0 Å². The lowest BCUT2D eigenvalue weighted by Crippen LogP contribution is -2.50. The average Bonchev–Trinajstić information content (AvgIpc) is 3.39. The van der Waals surface area contributed by atoms with Gasteiger partial charge in [0.1, 0.15) is 0 Å². The summed E-state index contributed by atoms with van der Waals surface area (Å²) >= 11 is 0. The largest absolute Gasteiger partial charge is 0.493 e. The summed E-state index contributed by atoms with van der Waals surface area (Å²) in [5.41, 5.74) is 1.25. The Morgan fingerprint density at radius 1 is 1.11 bits per heavy atom. The van der Waals surface area contributed by atoms with Crippen LogP contribution in [0.25, 0.3) is 0 Å². The van der Waals surface area contributed by atoms with Crippen LogP contribution in [0.1, 0.15) is 50.5 Å². The lowest BCUT2D eigenvalue weighted by molar-refractivity contribution is 0.0524. The maximum absolute atomic E-state index is 6.16. The quantitative estimate of drug-likeness (QED) is 0.767. The van der Waals surface area contributed by atoms with Crippen molar-refractivity contribution in [3.63, 3.8) is 0 Å². The smallest absolute Gasteiger partial charge is 0.161 e. The molecule has 4 rings (SSSR count). The fourth-order valence-electron chi connectivity index (χ4n) is 4.94. The fraction of sp³-hybridized carbons (Fsp3) is 0.727. The molecule has 1 saturated heterocycles. The van der Waals surface area contributed by atoms with Crippen LogP contribution in [0.4, 0.5) is 0 Å². The zero-order valence-electron chi connectivity index (χ0n) is 16.5. The predicted molar refractivity (Wildman–Crippen MR) is 106 cm³/mol. The molecule has 0 radical (unpaired) electrons. The second-order valence-electron chi connectivity index (χ2n) is 8.23. The number of ether oxygens (including phenoxy) is 3. The highest BCUT2D eigenvalue weighted by Crippen LogP contribution is 2.33. The van der Waals surface area contributed by atoms with Gasteiger partial charge in [0.15, 0.2) is 11.5 Å². The van der Waals surface area contributed by atoms with E-state index < -0.39 is 0 Å². The molecule has 5 heteroatoms. The molecule has 1 aromatic rings. The molecule has 2 aliphatic carbocycles. The van der Waals surface area contributed by atoms with E-state index in [-0.39, 0.29) is 0 Å². The van der Waals surface area contributed by atoms with E-state index in [2.05, 4.69) is 28.8 Å². The molecule has 0 aromatic heterocycles.